The number of piperidine rings is 1. The maximum atomic E-state index is 13.0. The monoisotopic (exact) mass is 406 g/mol. The summed E-state index contributed by atoms with van der Waals surface area (Å²) < 4.78 is 13.0. The van der Waals surface area contributed by atoms with Crippen LogP contribution in [0.25, 0.3) is 0 Å². The van der Waals surface area contributed by atoms with E-state index in [4.69, 9.17) is 0 Å². The first kappa shape index (κ1) is 19.9. The maximum absolute atomic E-state index is 13.0. The third-order valence-corrected chi connectivity index (χ3v) is 5.11. The molecule has 3 aromatic rings. The molecule has 1 fully saturated rings. The molecule has 7 nitrogen and oxygen atoms in total. The number of carbonyl (C=O) groups is 1. The van der Waals surface area contributed by atoms with Gasteiger partial charge in [0.25, 0.3) is 0 Å². The molecule has 0 saturated carbocycles. The molecule has 30 heavy (non-hydrogen) atoms. The molecule has 1 aliphatic heterocycles. The molecule has 0 aliphatic carbocycles. The van der Waals surface area contributed by atoms with Crippen molar-refractivity contribution in [2.24, 2.45) is 0 Å². The zero-order valence-corrected chi connectivity index (χ0v) is 16.5. The van der Waals surface area contributed by atoms with E-state index in [1.54, 1.807) is 36.8 Å². The quantitative estimate of drug-likeness (QED) is 0.651. The lowest BCUT2D eigenvalue weighted by atomic mass is 9.93. The Labute approximate surface area is 174 Å². The van der Waals surface area contributed by atoms with Crippen LogP contribution in [0.2, 0.25) is 0 Å². The summed E-state index contributed by atoms with van der Waals surface area (Å²) in [5, 5.41) is 5.94. The lowest BCUT2D eigenvalue weighted by molar-refractivity contribution is -0.117. The molecule has 1 saturated heterocycles. The van der Waals surface area contributed by atoms with Crippen molar-refractivity contribution in [1.82, 2.24) is 19.9 Å². The fourth-order valence-corrected chi connectivity index (χ4v) is 3.54. The maximum Gasteiger partial charge on any atom is 0.238 e. The number of anilines is 3. The van der Waals surface area contributed by atoms with E-state index in [0.29, 0.717) is 24.1 Å². The molecule has 4 rings (SSSR count). The number of halogens is 1. The molecule has 0 bridgehead atoms. The second-order valence-electron chi connectivity index (χ2n) is 7.27. The number of nitrogens with zero attached hydrogens (tertiary/aromatic N) is 4. The van der Waals surface area contributed by atoms with Crippen LogP contribution in [-0.2, 0) is 4.79 Å². The van der Waals surface area contributed by atoms with Crippen LogP contribution in [0.3, 0.4) is 0 Å². The van der Waals surface area contributed by atoms with E-state index in [1.807, 2.05) is 12.1 Å². The van der Waals surface area contributed by atoms with Crippen LogP contribution in [0.4, 0.5) is 21.7 Å². The van der Waals surface area contributed by atoms with Gasteiger partial charge in [0, 0.05) is 29.7 Å². The number of benzene rings is 1. The highest BCUT2D eigenvalue weighted by Gasteiger charge is 2.23. The minimum absolute atomic E-state index is 0.0864. The van der Waals surface area contributed by atoms with Gasteiger partial charge in [-0.3, -0.25) is 14.7 Å². The summed E-state index contributed by atoms with van der Waals surface area (Å²) in [4.78, 5) is 27.3. The summed E-state index contributed by atoms with van der Waals surface area (Å²) in [6.45, 7) is 2.00. The van der Waals surface area contributed by atoms with Gasteiger partial charge in [-0.05, 0) is 68.4 Å². The third kappa shape index (κ3) is 5.36. The number of aromatic nitrogens is 3. The zero-order chi connectivity index (χ0) is 20.8. The Morgan fingerprint density at radius 2 is 1.70 bits per heavy atom. The Morgan fingerprint density at radius 3 is 2.37 bits per heavy atom. The Morgan fingerprint density at radius 1 is 1.00 bits per heavy atom. The van der Waals surface area contributed by atoms with E-state index < -0.39 is 0 Å². The first-order valence-corrected chi connectivity index (χ1v) is 9.93. The minimum Gasteiger partial charge on any atom is -0.325 e. The lowest BCUT2D eigenvalue weighted by Crippen LogP contribution is -2.38. The molecule has 0 spiro atoms. The van der Waals surface area contributed by atoms with Gasteiger partial charge >= 0.3 is 0 Å². The molecule has 2 N–H and O–H groups in total. The molecule has 1 aliphatic rings. The summed E-state index contributed by atoms with van der Waals surface area (Å²) in [6, 6.07) is 11.6. The number of carbonyl (C=O) groups excluding carboxylic acids is 1. The summed E-state index contributed by atoms with van der Waals surface area (Å²) in [5.74, 6) is 0.514. The van der Waals surface area contributed by atoms with Crippen molar-refractivity contribution in [1.29, 1.82) is 0 Å². The van der Waals surface area contributed by atoms with Crippen LogP contribution in [0.1, 0.15) is 24.5 Å². The van der Waals surface area contributed by atoms with Gasteiger partial charge in [0.2, 0.25) is 11.9 Å². The molecule has 0 radical (unpaired) electrons. The largest absolute Gasteiger partial charge is 0.325 e. The van der Waals surface area contributed by atoms with E-state index in [9.17, 15) is 9.18 Å². The van der Waals surface area contributed by atoms with Gasteiger partial charge in [-0.1, -0.05) is 0 Å². The highest BCUT2D eigenvalue weighted by Crippen LogP contribution is 2.27. The molecular weight excluding hydrogens is 383 g/mol. The lowest BCUT2D eigenvalue weighted by Gasteiger charge is -2.31. The van der Waals surface area contributed by atoms with Gasteiger partial charge in [-0.25, -0.2) is 14.4 Å². The van der Waals surface area contributed by atoms with Gasteiger partial charge in [0.15, 0.2) is 0 Å². The number of nitrogens with one attached hydrogen (secondary N) is 2. The summed E-state index contributed by atoms with van der Waals surface area (Å²) in [5.41, 5.74) is 2.51. The summed E-state index contributed by atoms with van der Waals surface area (Å²) in [7, 11) is 0. The van der Waals surface area contributed by atoms with Crippen molar-refractivity contribution in [2.45, 2.75) is 18.8 Å². The average Bonchev–Trinajstić information content (AvgIpc) is 2.77. The number of rotatable bonds is 6. The van der Waals surface area contributed by atoms with Crippen molar-refractivity contribution >= 4 is 23.2 Å². The molecule has 0 atom stereocenters. The highest BCUT2D eigenvalue weighted by molar-refractivity contribution is 5.92. The molecule has 2 aromatic heterocycles. The fraction of sp³-hybridized carbons (Fsp3) is 0.273. The number of pyridine rings is 1. The number of amides is 1. The predicted molar refractivity (Wildman–Crippen MR) is 113 cm³/mol. The van der Waals surface area contributed by atoms with Crippen molar-refractivity contribution in [3.8, 4) is 0 Å². The smallest absolute Gasteiger partial charge is 0.238 e. The SMILES string of the molecule is O=C(CN1CCC(c2ccc(Nc3ncccn3)cn2)CC1)Nc1ccc(F)cc1. The molecule has 1 amide bonds. The van der Waals surface area contributed by atoms with Gasteiger partial charge in [-0.15, -0.1) is 0 Å². The summed E-state index contributed by atoms with van der Waals surface area (Å²) in [6.07, 6.45) is 7.07. The van der Waals surface area contributed by atoms with Crippen LogP contribution in [-0.4, -0.2) is 45.4 Å². The van der Waals surface area contributed by atoms with E-state index in [2.05, 4.69) is 30.5 Å². The van der Waals surface area contributed by atoms with E-state index in [-0.39, 0.29) is 11.7 Å². The van der Waals surface area contributed by atoms with Crippen molar-refractivity contribution in [3.63, 3.8) is 0 Å². The third-order valence-electron chi connectivity index (χ3n) is 5.11. The first-order valence-electron chi connectivity index (χ1n) is 9.93. The molecular formula is C22H23FN6O. The molecule has 8 heteroatoms. The Bertz CT molecular complexity index is 957. The number of likely N-dealkylation sites (tertiary alicyclic amines) is 1. The second-order valence-corrected chi connectivity index (χ2v) is 7.27. The average molecular weight is 406 g/mol. The summed E-state index contributed by atoms with van der Waals surface area (Å²) >= 11 is 0. The van der Waals surface area contributed by atoms with Crippen molar-refractivity contribution in [3.05, 3.63) is 72.6 Å². The van der Waals surface area contributed by atoms with Crippen LogP contribution in [0.5, 0.6) is 0 Å². The van der Waals surface area contributed by atoms with Gasteiger partial charge in [0.1, 0.15) is 5.82 Å². The minimum atomic E-state index is -0.319. The molecule has 3 heterocycles. The zero-order valence-electron chi connectivity index (χ0n) is 16.5. The van der Waals surface area contributed by atoms with Crippen molar-refractivity contribution < 1.29 is 9.18 Å². The Hall–Kier alpha value is -3.39. The topological polar surface area (TPSA) is 83.0 Å². The van der Waals surface area contributed by atoms with Crippen molar-refractivity contribution in [2.75, 3.05) is 30.3 Å². The number of hydrogen-bond donors (Lipinski definition) is 2. The Kier molecular flexibility index (Phi) is 6.24. The fourth-order valence-electron chi connectivity index (χ4n) is 3.54. The molecule has 1 aromatic carbocycles. The second kappa shape index (κ2) is 9.41. The van der Waals surface area contributed by atoms with Crippen LogP contribution < -0.4 is 10.6 Å². The standard InChI is InChI=1S/C22H23FN6O/c23-17-2-4-18(5-3-17)27-21(30)15-29-12-8-16(9-13-29)20-7-6-19(14-26-20)28-22-24-10-1-11-25-22/h1-7,10-11,14,16H,8-9,12-13,15H2,(H,27,30)(H,24,25,28). The van der Waals surface area contributed by atoms with E-state index in [0.717, 1.165) is 37.3 Å². The van der Waals surface area contributed by atoms with E-state index in [1.165, 1.54) is 12.1 Å². The predicted octanol–water partition coefficient (Wildman–Crippen LogP) is 3.57. The molecule has 0 unspecified atom stereocenters. The van der Waals surface area contributed by atoms with Crippen LogP contribution in [0.15, 0.2) is 61.1 Å². The normalized spacial score (nSPS) is 15.0. The number of hydrogen-bond acceptors (Lipinski definition) is 6. The van der Waals surface area contributed by atoms with Crippen LogP contribution in [0, 0.1) is 5.82 Å². The van der Waals surface area contributed by atoms with Crippen LogP contribution >= 0.6 is 0 Å². The van der Waals surface area contributed by atoms with Gasteiger partial charge in [0.05, 0.1) is 18.4 Å². The van der Waals surface area contributed by atoms with E-state index >= 15 is 0 Å². The molecule has 154 valence electrons. The Balaban J connectivity index is 1.25. The van der Waals surface area contributed by atoms with Gasteiger partial charge < -0.3 is 10.6 Å². The highest BCUT2D eigenvalue weighted by atomic mass is 19.1. The van der Waals surface area contributed by atoms with Gasteiger partial charge in [-0.2, -0.15) is 0 Å². The first-order chi connectivity index (χ1) is 14.7.